The first-order chi connectivity index (χ1) is 12.6. The molecule has 2 aliphatic heterocycles. The van der Waals surface area contributed by atoms with Gasteiger partial charge in [-0.15, -0.1) is 0 Å². The molecule has 8 heteroatoms. The summed E-state index contributed by atoms with van der Waals surface area (Å²) in [4.78, 5) is 14.5. The summed E-state index contributed by atoms with van der Waals surface area (Å²) >= 11 is 0. The van der Waals surface area contributed by atoms with Gasteiger partial charge in [0.05, 0.1) is 12.9 Å². The number of methoxy groups -OCH3 is 1. The monoisotopic (exact) mass is 395 g/mol. The van der Waals surface area contributed by atoms with Crippen LogP contribution in [0.5, 0.6) is 0 Å². The number of nitrogens with zero attached hydrogens (tertiary/aromatic N) is 2. The number of aryl methyl sites for hydroxylation is 2. The molecule has 2 aliphatic rings. The second-order valence-corrected chi connectivity index (χ2v) is 9.96. The van der Waals surface area contributed by atoms with Crippen LogP contribution < -0.4 is 5.32 Å². The molecule has 2 saturated heterocycles. The summed E-state index contributed by atoms with van der Waals surface area (Å²) < 4.78 is 31.0. The molecule has 1 aromatic carbocycles. The van der Waals surface area contributed by atoms with Crippen LogP contribution in [0.2, 0.25) is 0 Å². The standard InChI is InChI=1S/C19H29N3O4S/c1-14-5-6-17(9-15(14)2)20-18(23)21-8-7-19(13-26-3)12-22(27(4,24)25)11-16(19)10-21/h5-6,9,16H,7-8,10-13H2,1-4H3,(H,20,23). The number of sulfonamides is 1. The maximum absolute atomic E-state index is 12.7. The third kappa shape index (κ3) is 4.12. The van der Waals surface area contributed by atoms with Crippen molar-refractivity contribution < 1.29 is 17.9 Å². The van der Waals surface area contributed by atoms with Crippen molar-refractivity contribution in [2.24, 2.45) is 11.3 Å². The molecular weight excluding hydrogens is 366 g/mol. The van der Waals surface area contributed by atoms with Gasteiger partial charge in [-0.1, -0.05) is 6.07 Å². The largest absolute Gasteiger partial charge is 0.384 e. The van der Waals surface area contributed by atoms with E-state index in [4.69, 9.17) is 4.74 Å². The van der Waals surface area contributed by atoms with E-state index in [-0.39, 0.29) is 17.4 Å². The van der Waals surface area contributed by atoms with E-state index < -0.39 is 10.0 Å². The Kier molecular flexibility index (Phi) is 5.52. The lowest BCUT2D eigenvalue weighted by Gasteiger charge is -2.43. The number of nitrogens with one attached hydrogen (secondary N) is 1. The van der Waals surface area contributed by atoms with Crippen LogP contribution in [0.15, 0.2) is 18.2 Å². The minimum absolute atomic E-state index is 0.0754. The lowest BCUT2D eigenvalue weighted by Crippen LogP contribution is -2.51. The van der Waals surface area contributed by atoms with Gasteiger partial charge in [-0.25, -0.2) is 17.5 Å². The summed E-state index contributed by atoms with van der Waals surface area (Å²) in [6.45, 7) is 6.60. The van der Waals surface area contributed by atoms with Crippen LogP contribution in [-0.2, 0) is 14.8 Å². The summed E-state index contributed by atoms with van der Waals surface area (Å²) in [5.41, 5.74) is 2.88. The molecule has 7 nitrogen and oxygen atoms in total. The Hall–Kier alpha value is -1.64. The van der Waals surface area contributed by atoms with Crippen LogP contribution in [-0.4, -0.2) is 69.8 Å². The molecule has 2 fully saturated rings. The minimum atomic E-state index is -3.25. The molecule has 2 unspecified atom stereocenters. The van der Waals surface area contributed by atoms with Crippen molar-refractivity contribution in [3.05, 3.63) is 29.3 Å². The van der Waals surface area contributed by atoms with E-state index in [0.29, 0.717) is 32.8 Å². The van der Waals surface area contributed by atoms with E-state index in [1.807, 2.05) is 32.0 Å². The molecule has 1 aromatic rings. The summed E-state index contributed by atoms with van der Waals surface area (Å²) in [7, 11) is -1.61. The number of ether oxygens (including phenoxy) is 1. The Morgan fingerprint density at radius 3 is 2.67 bits per heavy atom. The third-order valence-corrected chi connectivity index (χ3v) is 7.26. The first kappa shape index (κ1) is 20.1. The number of urea groups is 1. The zero-order chi connectivity index (χ0) is 19.8. The highest BCUT2D eigenvalue weighted by molar-refractivity contribution is 7.88. The molecule has 0 aromatic heterocycles. The number of benzene rings is 1. The van der Waals surface area contributed by atoms with Gasteiger partial charge in [0, 0.05) is 44.4 Å². The number of hydrogen-bond donors (Lipinski definition) is 1. The molecule has 2 atom stereocenters. The normalized spacial score (nSPS) is 26.1. The third-order valence-electron chi connectivity index (χ3n) is 6.05. The zero-order valence-electron chi connectivity index (χ0n) is 16.5. The molecule has 150 valence electrons. The zero-order valence-corrected chi connectivity index (χ0v) is 17.3. The summed E-state index contributed by atoms with van der Waals surface area (Å²) in [5, 5.41) is 2.97. The highest BCUT2D eigenvalue weighted by Gasteiger charge is 2.52. The lowest BCUT2D eigenvalue weighted by molar-refractivity contribution is 0.0131. The van der Waals surface area contributed by atoms with Crippen molar-refractivity contribution in [1.82, 2.24) is 9.21 Å². The maximum Gasteiger partial charge on any atom is 0.321 e. The van der Waals surface area contributed by atoms with E-state index in [1.54, 1.807) is 12.0 Å². The van der Waals surface area contributed by atoms with Crippen molar-refractivity contribution in [2.75, 3.05) is 51.5 Å². The molecule has 0 spiro atoms. The molecule has 0 radical (unpaired) electrons. The average molecular weight is 396 g/mol. The van der Waals surface area contributed by atoms with Gasteiger partial charge in [-0.3, -0.25) is 0 Å². The number of likely N-dealkylation sites (tertiary alicyclic amines) is 1. The Labute approximate surface area is 161 Å². The molecule has 0 bridgehead atoms. The van der Waals surface area contributed by atoms with Crippen LogP contribution in [0.1, 0.15) is 17.5 Å². The molecule has 2 amide bonds. The lowest BCUT2D eigenvalue weighted by atomic mass is 9.73. The maximum atomic E-state index is 12.7. The fraction of sp³-hybridized carbons (Fsp3) is 0.632. The van der Waals surface area contributed by atoms with Crippen molar-refractivity contribution in [2.45, 2.75) is 20.3 Å². The van der Waals surface area contributed by atoms with Crippen LogP contribution in [0.3, 0.4) is 0 Å². The molecule has 27 heavy (non-hydrogen) atoms. The number of anilines is 1. The van der Waals surface area contributed by atoms with Gasteiger partial charge in [0.1, 0.15) is 0 Å². The first-order valence-electron chi connectivity index (χ1n) is 9.22. The summed E-state index contributed by atoms with van der Waals surface area (Å²) in [6.07, 6.45) is 1.98. The average Bonchev–Trinajstić information content (AvgIpc) is 2.97. The second-order valence-electron chi connectivity index (χ2n) is 7.97. The molecular formula is C19H29N3O4S. The number of carbonyl (C=O) groups excluding carboxylic acids is 1. The number of carbonyl (C=O) groups is 1. The first-order valence-corrected chi connectivity index (χ1v) is 11.1. The SMILES string of the molecule is COCC12CCN(C(=O)Nc3ccc(C)c(C)c3)CC1CN(S(C)(=O)=O)C2. The Morgan fingerprint density at radius 1 is 1.30 bits per heavy atom. The molecule has 1 N–H and O–H groups in total. The van der Waals surface area contributed by atoms with Crippen LogP contribution >= 0.6 is 0 Å². The van der Waals surface area contributed by atoms with E-state index in [0.717, 1.165) is 17.7 Å². The van der Waals surface area contributed by atoms with Crippen molar-refractivity contribution in [3.63, 3.8) is 0 Å². The molecule has 0 aliphatic carbocycles. The van der Waals surface area contributed by atoms with Gasteiger partial charge in [0.25, 0.3) is 0 Å². The summed E-state index contributed by atoms with van der Waals surface area (Å²) in [6, 6.07) is 5.72. The second kappa shape index (κ2) is 7.41. The minimum Gasteiger partial charge on any atom is -0.384 e. The van der Waals surface area contributed by atoms with E-state index in [9.17, 15) is 13.2 Å². The highest BCUT2D eigenvalue weighted by Crippen LogP contribution is 2.44. The van der Waals surface area contributed by atoms with Crippen molar-refractivity contribution in [3.8, 4) is 0 Å². The smallest absolute Gasteiger partial charge is 0.321 e. The fourth-order valence-electron chi connectivity index (χ4n) is 4.22. The number of amides is 2. The Bertz CT molecular complexity index is 826. The van der Waals surface area contributed by atoms with E-state index >= 15 is 0 Å². The highest BCUT2D eigenvalue weighted by atomic mass is 32.2. The van der Waals surface area contributed by atoms with Gasteiger partial charge in [0.15, 0.2) is 0 Å². The van der Waals surface area contributed by atoms with Crippen LogP contribution in [0, 0.1) is 25.2 Å². The van der Waals surface area contributed by atoms with E-state index in [2.05, 4.69) is 5.32 Å². The van der Waals surface area contributed by atoms with Gasteiger partial charge in [-0.05, 0) is 49.4 Å². The topological polar surface area (TPSA) is 79.0 Å². The van der Waals surface area contributed by atoms with E-state index in [1.165, 1.54) is 16.1 Å². The van der Waals surface area contributed by atoms with Crippen LogP contribution in [0.4, 0.5) is 10.5 Å². The number of piperidine rings is 1. The predicted octanol–water partition coefficient (Wildman–Crippen LogP) is 2.07. The molecule has 3 rings (SSSR count). The van der Waals surface area contributed by atoms with Crippen LogP contribution in [0.25, 0.3) is 0 Å². The van der Waals surface area contributed by atoms with Crippen molar-refractivity contribution >= 4 is 21.7 Å². The molecule has 2 heterocycles. The predicted molar refractivity (Wildman–Crippen MR) is 105 cm³/mol. The van der Waals surface area contributed by atoms with Crippen molar-refractivity contribution in [1.29, 1.82) is 0 Å². The number of rotatable bonds is 4. The summed E-state index contributed by atoms with van der Waals surface area (Å²) in [5.74, 6) is 0.0754. The van der Waals surface area contributed by atoms with Gasteiger partial charge in [0.2, 0.25) is 10.0 Å². The van der Waals surface area contributed by atoms with Gasteiger partial charge in [-0.2, -0.15) is 0 Å². The van der Waals surface area contributed by atoms with Gasteiger partial charge < -0.3 is 15.0 Å². The fourth-order valence-corrected chi connectivity index (χ4v) is 5.16. The Balaban J connectivity index is 1.72. The number of hydrogen-bond acceptors (Lipinski definition) is 4. The quantitative estimate of drug-likeness (QED) is 0.846. The van der Waals surface area contributed by atoms with Gasteiger partial charge >= 0.3 is 6.03 Å². The Morgan fingerprint density at radius 2 is 2.04 bits per heavy atom. The molecule has 0 saturated carbocycles. The number of fused-ring (bicyclic) bond motifs is 1.